The zero-order valence-electron chi connectivity index (χ0n) is 10.9. The number of benzene rings is 1. The van der Waals surface area contributed by atoms with E-state index in [1.54, 1.807) is 6.92 Å². The summed E-state index contributed by atoms with van der Waals surface area (Å²) in [4.78, 5) is 2.32. The van der Waals surface area contributed by atoms with Gasteiger partial charge in [0.15, 0.2) is 0 Å². The minimum absolute atomic E-state index is 0.315. The average Bonchev–Trinajstić information content (AvgIpc) is 2.35. The van der Waals surface area contributed by atoms with Crippen LogP contribution in [0.15, 0.2) is 30.3 Å². The molecule has 1 atom stereocenters. The van der Waals surface area contributed by atoms with Crippen LogP contribution in [0.5, 0.6) is 0 Å². The molecule has 0 spiro atoms. The van der Waals surface area contributed by atoms with Crippen LogP contribution >= 0.6 is 0 Å². The molecular weight excluding hydrogens is 212 g/mol. The summed E-state index contributed by atoms with van der Waals surface area (Å²) in [5.41, 5.74) is 6.08. The number of rotatable bonds is 7. The molecule has 0 saturated carbocycles. The highest BCUT2D eigenvalue weighted by Crippen LogP contribution is 2.10. The van der Waals surface area contributed by atoms with Crippen LogP contribution in [0.4, 0.5) is 0 Å². The molecule has 96 valence electrons. The first-order valence-corrected chi connectivity index (χ1v) is 6.26. The zero-order valence-corrected chi connectivity index (χ0v) is 10.9. The summed E-state index contributed by atoms with van der Waals surface area (Å²) in [7, 11) is 0. The quantitative estimate of drug-likeness (QED) is 0.756. The molecule has 0 amide bonds. The molecule has 0 saturated heterocycles. The van der Waals surface area contributed by atoms with Crippen LogP contribution in [0, 0.1) is 0 Å². The van der Waals surface area contributed by atoms with E-state index in [4.69, 9.17) is 5.73 Å². The summed E-state index contributed by atoms with van der Waals surface area (Å²) >= 11 is 0. The van der Waals surface area contributed by atoms with Gasteiger partial charge >= 0.3 is 0 Å². The van der Waals surface area contributed by atoms with Crippen molar-refractivity contribution in [2.24, 2.45) is 5.73 Å². The Bertz CT molecular complexity index is 311. The lowest BCUT2D eigenvalue weighted by Gasteiger charge is -2.26. The second kappa shape index (κ2) is 6.74. The topological polar surface area (TPSA) is 49.5 Å². The molecule has 0 aromatic heterocycles. The highest BCUT2D eigenvalue weighted by molar-refractivity contribution is 5.14. The number of hydrogen-bond donors (Lipinski definition) is 2. The van der Waals surface area contributed by atoms with Crippen LogP contribution in [-0.2, 0) is 6.54 Å². The van der Waals surface area contributed by atoms with Crippen molar-refractivity contribution in [3.63, 3.8) is 0 Å². The third-order valence-electron chi connectivity index (χ3n) is 3.10. The van der Waals surface area contributed by atoms with Gasteiger partial charge in [-0.1, -0.05) is 37.3 Å². The van der Waals surface area contributed by atoms with E-state index in [2.05, 4.69) is 36.1 Å². The van der Waals surface area contributed by atoms with Crippen molar-refractivity contribution in [2.75, 3.05) is 19.6 Å². The van der Waals surface area contributed by atoms with Gasteiger partial charge in [0.1, 0.15) is 0 Å². The second-order valence-corrected chi connectivity index (χ2v) is 4.81. The molecule has 3 nitrogen and oxygen atoms in total. The van der Waals surface area contributed by atoms with Crippen molar-refractivity contribution in [2.45, 2.75) is 32.4 Å². The lowest BCUT2D eigenvalue weighted by molar-refractivity contribution is 0.0473. The molecule has 0 aliphatic rings. The van der Waals surface area contributed by atoms with E-state index in [1.807, 2.05) is 6.07 Å². The Balaban J connectivity index is 2.44. The molecule has 1 aromatic rings. The third kappa shape index (κ3) is 5.31. The Morgan fingerprint density at radius 2 is 1.94 bits per heavy atom. The third-order valence-corrected chi connectivity index (χ3v) is 3.10. The van der Waals surface area contributed by atoms with Gasteiger partial charge in [-0.15, -0.1) is 0 Å². The number of aliphatic hydroxyl groups is 1. The van der Waals surface area contributed by atoms with Crippen molar-refractivity contribution in [3.8, 4) is 0 Å². The summed E-state index contributed by atoms with van der Waals surface area (Å²) < 4.78 is 0. The van der Waals surface area contributed by atoms with Crippen molar-refractivity contribution in [1.29, 1.82) is 0 Å². The highest BCUT2D eigenvalue weighted by Gasteiger charge is 2.18. The van der Waals surface area contributed by atoms with Gasteiger partial charge in [0.2, 0.25) is 0 Å². The van der Waals surface area contributed by atoms with Gasteiger partial charge in [0.05, 0.1) is 5.60 Å². The molecular formula is C14H24N2O. The van der Waals surface area contributed by atoms with Gasteiger partial charge in [0, 0.05) is 19.6 Å². The molecule has 1 rings (SSSR count). The number of nitrogens with two attached hydrogens (primary N) is 1. The summed E-state index contributed by atoms with van der Waals surface area (Å²) in [6.45, 7) is 7.03. The van der Waals surface area contributed by atoms with Crippen LogP contribution < -0.4 is 5.73 Å². The number of hydrogen-bond acceptors (Lipinski definition) is 3. The second-order valence-electron chi connectivity index (χ2n) is 4.81. The van der Waals surface area contributed by atoms with Crippen molar-refractivity contribution in [3.05, 3.63) is 35.9 Å². The first-order valence-electron chi connectivity index (χ1n) is 6.26. The van der Waals surface area contributed by atoms with E-state index in [0.29, 0.717) is 13.0 Å². The SMILES string of the molecule is CCN(CCC(C)(O)CN)Cc1ccccc1. The fourth-order valence-corrected chi connectivity index (χ4v) is 1.69. The molecule has 17 heavy (non-hydrogen) atoms. The van der Waals surface area contributed by atoms with E-state index < -0.39 is 5.60 Å². The maximum atomic E-state index is 9.88. The first kappa shape index (κ1) is 14.2. The fourth-order valence-electron chi connectivity index (χ4n) is 1.69. The van der Waals surface area contributed by atoms with E-state index >= 15 is 0 Å². The van der Waals surface area contributed by atoms with Crippen LogP contribution in [0.3, 0.4) is 0 Å². The van der Waals surface area contributed by atoms with Gasteiger partial charge in [-0.05, 0) is 25.5 Å². The fraction of sp³-hybridized carbons (Fsp3) is 0.571. The zero-order chi connectivity index (χ0) is 12.7. The monoisotopic (exact) mass is 236 g/mol. The summed E-state index contributed by atoms with van der Waals surface area (Å²) in [5.74, 6) is 0. The number of nitrogens with zero attached hydrogens (tertiary/aromatic N) is 1. The Morgan fingerprint density at radius 3 is 2.47 bits per heavy atom. The Morgan fingerprint density at radius 1 is 1.29 bits per heavy atom. The Hall–Kier alpha value is -0.900. The van der Waals surface area contributed by atoms with Crippen molar-refractivity contribution >= 4 is 0 Å². The predicted octanol–water partition coefficient (Wildman–Crippen LogP) is 1.61. The predicted molar refractivity (Wildman–Crippen MR) is 71.7 cm³/mol. The molecule has 1 unspecified atom stereocenters. The molecule has 0 fully saturated rings. The molecule has 0 heterocycles. The van der Waals surface area contributed by atoms with Crippen LogP contribution in [0.1, 0.15) is 25.8 Å². The molecule has 0 radical (unpaired) electrons. The maximum absolute atomic E-state index is 9.88. The van der Waals surface area contributed by atoms with Gasteiger partial charge in [-0.25, -0.2) is 0 Å². The van der Waals surface area contributed by atoms with Crippen LogP contribution in [-0.4, -0.2) is 35.2 Å². The van der Waals surface area contributed by atoms with Gasteiger partial charge in [0.25, 0.3) is 0 Å². The summed E-state index contributed by atoms with van der Waals surface area (Å²) in [5, 5.41) is 9.88. The highest BCUT2D eigenvalue weighted by atomic mass is 16.3. The average molecular weight is 236 g/mol. The minimum atomic E-state index is -0.746. The van der Waals surface area contributed by atoms with E-state index in [-0.39, 0.29) is 0 Å². The van der Waals surface area contributed by atoms with E-state index in [0.717, 1.165) is 19.6 Å². The molecule has 3 N–H and O–H groups in total. The Labute approximate surface area is 104 Å². The van der Waals surface area contributed by atoms with Gasteiger partial charge in [-0.2, -0.15) is 0 Å². The minimum Gasteiger partial charge on any atom is -0.389 e. The smallest absolute Gasteiger partial charge is 0.0753 e. The first-order chi connectivity index (χ1) is 8.07. The standard InChI is InChI=1S/C14H24N2O/c1-3-16(10-9-14(2,17)12-15)11-13-7-5-4-6-8-13/h4-8,17H,3,9-12,15H2,1-2H3. The summed E-state index contributed by atoms with van der Waals surface area (Å²) in [6, 6.07) is 10.4. The van der Waals surface area contributed by atoms with Crippen LogP contribution in [0.25, 0.3) is 0 Å². The van der Waals surface area contributed by atoms with E-state index in [1.165, 1.54) is 5.56 Å². The van der Waals surface area contributed by atoms with E-state index in [9.17, 15) is 5.11 Å². The normalized spacial score (nSPS) is 14.9. The lowest BCUT2D eigenvalue weighted by atomic mass is 10.0. The molecule has 0 aliphatic carbocycles. The largest absolute Gasteiger partial charge is 0.389 e. The van der Waals surface area contributed by atoms with Crippen molar-refractivity contribution in [1.82, 2.24) is 4.90 Å². The van der Waals surface area contributed by atoms with Gasteiger partial charge in [-0.3, -0.25) is 4.90 Å². The Kier molecular flexibility index (Phi) is 5.62. The molecule has 3 heteroatoms. The molecule has 0 bridgehead atoms. The molecule has 1 aromatic carbocycles. The van der Waals surface area contributed by atoms with Crippen LogP contribution in [0.2, 0.25) is 0 Å². The van der Waals surface area contributed by atoms with Gasteiger partial charge < -0.3 is 10.8 Å². The van der Waals surface area contributed by atoms with Crippen molar-refractivity contribution < 1.29 is 5.11 Å². The maximum Gasteiger partial charge on any atom is 0.0753 e. The molecule has 0 aliphatic heterocycles. The summed E-state index contributed by atoms with van der Waals surface area (Å²) in [6.07, 6.45) is 0.712. The lowest BCUT2D eigenvalue weighted by Crippen LogP contribution is -2.38.